The van der Waals surface area contributed by atoms with Gasteiger partial charge in [-0.15, -0.1) is 0 Å². The van der Waals surface area contributed by atoms with Gasteiger partial charge in [-0.3, -0.25) is 0 Å². The Balaban J connectivity index is 2.18. The van der Waals surface area contributed by atoms with Crippen LogP contribution in [0.5, 0.6) is 0 Å². The molecule has 0 spiro atoms. The van der Waals surface area contributed by atoms with E-state index < -0.39 is 0 Å². The van der Waals surface area contributed by atoms with E-state index in [1.54, 1.807) is 6.07 Å². The topological polar surface area (TPSA) is 12.0 Å². The molecule has 1 N–H and O–H groups in total. The van der Waals surface area contributed by atoms with Crippen LogP contribution in [0, 0.1) is 11.7 Å². The van der Waals surface area contributed by atoms with Crippen LogP contribution in [0.2, 0.25) is 5.02 Å². The summed E-state index contributed by atoms with van der Waals surface area (Å²) in [5, 5.41) is 3.83. The summed E-state index contributed by atoms with van der Waals surface area (Å²) in [6.07, 6.45) is 3.71. The number of nitrogens with one attached hydrogen (secondary N) is 1. The van der Waals surface area contributed by atoms with Crippen molar-refractivity contribution in [3.8, 4) is 0 Å². The number of halogens is 2. The predicted molar refractivity (Wildman–Crippen MR) is 71.8 cm³/mol. The Morgan fingerprint density at radius 1 is 1.29 bits per heavy atom. The maximum atomic E-state index is 12.8. The fourth-order valence-corrected chi connectivity index (χ4v) is 1.92. The maximum Gasteiger partial charge on any atom is 0.124 e. The highest BCUT2D eigenvalue weighted by molar-refractivity contribution is 6.31. The van der Waals surface area contributed by atoms with Crippen LogP contribution in [-0.4, -0.2) is 6.54 Å². The fraction of sp³-hybridized carbons (Fsp3) is 0.571. The van der Waals surface area contributed by atoms with Gasteiger partial charge in [0.15, 0.2) is 0 Å². The van der Waals surface area contributed by atoms with Gasteiger partial charge in [0.25, 0.3) is 0 Å². The van der Waals surface area contributed by atoms with E-state index in [-0.39, 0.29) is 5.82 Å². The number of hydrogen-bond donors (Lipinski definition) is 1. The van der Waals surface area contributed by atoms with Crippen LogP contribution in [-0.2, 0) is 6.54 Å². The lowest BCUT2D eigenvalue weighted by Crippen LogP contribution is -2.15. The van der Waals surface area contributed by atoms with Crippen molar-refractivity contribution in [3.63, 3.8) is 0 Å². The summed E-state index contributed by atoms with van der Waals surface area (Å²) in [5.74, 6) is 0.497. The van der Waals surface area contributed by atoms with Crippen LogP contribution >= 0.6 is 11.6 Å². The van der Waals surface area contributed by atoms with Crippen LogP contribution in [0.1, 0.15) is 38.7 Å². The van der Waals surface area contributed by atoms with E-state index in [4.69, 9.17) is 11.6 Å². The standard InChI is InChI=1S/C14H21ClFN/c1-11(2)5-3-4-8-17-10-12-6-7-13(16)9-14(12)15/h6-7,9,11,17H,3-5,8,10H2,1-2H3. The molecule has 17 heavy (non-hydrogen) atoms. The number of hydrogen-bond acceptors (Lipinski definition) is 1. The summed E-state index contributed by atoms with van der Waals surface area (Å²) in [7, 11) is 0. The molecule has 0 radical (unpaired) electrons. The van der Waals surface area contributed by atoms with Crippen molar-refractivity contribution in [1.29, 1.82) is 0 Å². The minimum Gasteiger partial charge on any atom is -0.313 e. The first-order valence-electron chi connectivity index (χ1n) is 6.24. The first-order valence-corrected chi connectivity index (χ1v) is 6.62. The third kappa shape index (κ3) is 6.04. The van der Waals surface area contributed by atoms with Crippen molar-refractivity contribution in [3.05, 3.63) is 34.6 Å². The number of rotatable bonds is 7. The fourth-order valence-electron chi connectivity index (χ4n) is 1.69. The Hall–Kier alpha value is -0.600. The third-order valence-corrected chi connectivity index (χ3v) is 3.07. The largest absolute Gasteiger partial charge is 0.313 e. The molecule has 0 aliphatic carbocycles. The highest BCUT2D eigenvalue weighted by Crippen LogP contribution is 2.16. The zero-order valence-corrected chi connectivity index (χ0v) is 11.4. The molecule has 0 amide bonds. The number of benzene rings is 1. The van der Waals surface area contributed by atoms with Gasteiger partial charge in [-0.25, -0.2) is 4.39 Å². The van der Waals surface area contributed by atoms with Crippen LogP contribution in [0.25, 0.3) is 0 Å². The van der Waals surface area contributed by atoms with Crippen molar-refractivity contribution in [1.82, 2.24) is 5.32 Å². The van der Waals surface area contributed by atoms with Gasteiger partial charge in [0.1, 0.15) is 5.82 Å². The van der Waals surface area contributed by atoms with E-state index in [1.807, 2.05) is 0 Å². The zero-order valence-electron chi connectivity index (χ0n) is 10.6. The Morgan fingerprint density at radius 3 is 2.71 bits per heavy atom. The van der Waals surface area contributed by atoms with E-state index >= 15 is 0 Å². The van der Waals surface area contributed by atoms with Gasteiger partial charge < -0.3 is 5.32 Å². The van der Waals surface area contributed by atoms with Gasteiger partial charge in [0, 0.05) is 11.6 Å². The van der Waals surface area contributed by atoms with E-state index in [2.05, 4.69) is 19.2 Å². The molecule has 0 aromatic heterocycles. The average Bonchev–Trinajstić information content (AvgIpc) is 2.25. The van der Waals surface area contributed by atoms with Crippen LogP contribution < -0.4 is 5.32 Å². The van der Waals surface area contributed by atoms with Gasteiger partial charge in [-0.1, -0.05) is 44.4 Å². The molecule has 0 aliphatic heterocycles. The van der Waals surface area contributed by atoms with Crippen molar-refractivity contribution in [2.45, 2.75) is 39.7 Å². The Morgan fingerprint density at radius 2 is 2.06 bits per heavy atom. The normalized spacial score (nSPS) is 11.1. The quantitative estimate of drug-likeness (QED) is 0.714. The van der Waals surface area contributed by atoms with Crippen LogP contribution in [0.4, 0.5) is 4.39 Å². The van der Waals surface area contributed by atoms with E-state index in [0.29, 0.717) is 11.6 Å². The molecule has 96 valence electrons. The molecule has 0 heterocycles. The SMILES string of the molecule is CC(C)CCCCNCc1ccc(F)cc1Cl. The molecule has 1 aromatic rings. The van der Waals surface area contributed by atoms with Gasteiger partial charge in [0.05, 0.1) is 0 Å². The summed E-state index contributed by atoms with van der Waals surface area (Å²) in [6, 6.07) is 4.54. The second-order valence-corrected chi connectivity index (χ2v) is 5.21. The molecule has 0 aliphatic rings. The summed E-state index contributed by atoms with van der Waals surface area (Å²) in [6.45, 7) is 6.18. The van der Waals surface area contributed by atoms with Crippen LogP contribution in [0.3, 0.4) is 0 Å². The van der Waals surface area contributed by atoms with Gasteiger partial charge in [-0.05, 0) is 36.6 Å². The van der Waals surface area contributed by atoms with Crippen molar-refractivity contribution in [2.24, 2.45) is 5.92 Å². The summed E-state index contributed by atoms with van der Waals surface area (Å²) in [5.41, 5.74) is 0.955. The van der Waals surface area contributed by atoms with Crippen molar-refractivity contribution >= 4 is 11.6 Å². The Kier molecular flexibility index (Phi) is 6.53. The zero-order chi connectivity index (χ0) is 12.7. The average molecular weight is 258 g/mol. The molecule has 3 heteroatoms. The molecule has 1 aromatic carbocycles. The molecular weight excluding hydrogens is 237 g/mol. The molecule has 1 rings (SSSR count). The molecule has 0 unspecified atom stereocenters. The Labute approximate surface area is 108 Å². The minimum absolute atomic E-state index is 0.282. The van der Waals surface area contributed by atoms with E-state index in [1.165, 1.54) is 31.4 Å². The molecule has 1 nitrogen and oxygen atoms in total. The predicted octanol–water partition coefficient (Wildman–Crippen LogP) is 4.40. The smallest absolute Gasteiger partial charge is 0.124 e. The first kappa shape index (κ1) is 14.5. The highest BCUT2D eigenvalue weighted by Gasteiger charge is 2.01. The molecule has 0 saturated heterocycles. The van der Waals surface area contributed by atoms with Gasteiger partial charge in [0.2, 0.25) is 0 Å². The molecule has 0 bridgehead atoms. The van der Waals surface area contributed by atoms with Crippen LogP contribution in [0.15, 0.2) is 18.2 Å². The highest BCUT2D eigenvalue weighted by atomic mass is 35.5. The second kappa shape index (κ2) is 7.67. The van der Waals surface area contributed by atoms with Crippen molar-refractivity contribution in [2.75, 3.05) is 6.54 Å². The maximum absolute atomic E-state index is 12.8. The minimum atomic E-state index is -0.282. The Bertz CT molecular complexity index is 339. The monoisotopic (exact) mass is 257 g/mol. The lowest BCUT2D eigenvalue weighted by Gasteiger charge is -2.07. The second-order valence-electron chi connectivity index (χ2n) is 4.80. The summed E-state index contributed by atoms with van der Waals surface area (Å²) in [4.78, 5) is 0. The van der Waals surface area contributed by atoms with Crippen molar-refractivity contribution < 1.29 is 4.39 Å². The third-order valence-electron chi connectivity index (χ3n) is 2.72. The van der Waals surface area contributed by atoms with Gasteiger partial charge >= 0.3 is 0 Å². The summed E-state index contributed by atoms with van der Waals surface area (Å²) >= 11 is 5.93. The lowest BCUT2D eigenvalue weighted by atomic mass is 10.1. The molecule has 0 saturated carbocycles. The molecule has 0 atom stereocenters. The first-order chi connectivity index (χ1) is 8.09. The molecule has 0 fully saturated rings. The van der Waals surface area contributed by atoms with E-state index in [9.17, 15) is 4.39 Å². The lowest BCUT2D eigenvalue weighted by molar-refractivity contribution is 0.520. The van der Waals surface area contributed by atoms with Gasteiger partial charge in [-0.2, -0.15) is 0 Å². The molecular formula is C14H21ClFN. The summed E-state index contributed by atoms with van der Waals surface area (Å²) < 4.78 is 12.8. The number of unbranched alkanes of at least 4 members (excludes halogenated alkanes) is 1. The van der Waals surface area contributed by atoms with E-state index in [0.717, 1.165) is 18.0 Å².